The van der Waals surface area contributed by atoms with Crippen molar-refractivity contribution in [3.05, 3.63) is 29.3 Å². The van der Waals surface area contributed by atoms with Gasteiger partial charge in [-0.05, 0) is 24.6 Å². The number of nitrogens with one attached hydrogen (secondary N) is 3. The van der Waals surface area contributed by atoms with Crippen LogP contribution in [-0.2, 0) is 10.0 Å². The minimum atomic E-state index is -3.54. The second kappa shape index (κ2) is 9.66. The van der Waals surface area contributed by atoms with Crippen LogP contribution in [0.4, 0.5) is 0 Å². The SMILES string of the molecule is CCCCNC(=NC)NCCNS(=O)(=O)c1cccc(Cl)c1. The van der Waals surface area contributed by atoms with Crippen LogP contribution in [0.15, 0.2) is 34.2 Å². The number of benzene rings is 1. The zero-order valence-electron chi connectivity index (χ0n) is 12.9. The van der Waals surface area contributed by atoms with Crippen molar-refractivity contribution in [2.45, 2.75) is 24.7 Å². The number of halogens is 1. The highest BCUT2D eigenvalue weighted by molar-refractivity contribution is 7.89. The molecule has 0 aromatic heterocycles. The van der Waals surface area contributed by atoms with Crippen LogP contribution in [0.2, 0.25) is 5.02 Å². The van der Waals surface area contributed by atoms with Gasteiger partial charge in [-0.1, -0.05) is 31.0 Å². The van der Waals surface area contributed by atoms with Crippen LogP contribution in [0, 0.1) is 0 Å². The molecule has 1 rings (SSSR count). The molecule has 0 heterocycles. The third-order valence-electron chi connectivity index (χ3n) is 2.86. The fraction of sp³-hybridized carbons (Fsp3) is 0.500. The average molecular weight is 347 g/mol. The Bertz CT molecular complexity index is 590. The Kier molecular flexibility index (Phi) is 8.22. The molecule has 0 saturated heterocycles. The molecule has 124 valence electrons. The van der Waals surface area contributed by atoms with Crippen LogP contribution in [0.25, 0.3) is 0 Å². The monoisotopic (exact) mass is 346 g/mol. The number of unbranched alkanes of at least 4 members (excludes halogenated alkanes) is 1. The van der Waals surface area contributed by atoms with Gasteiger partial charge < -0.3 is 10.6 Å². The molecule has 0 atom stereocenters. The van der Waals surface area contributed by atoms with Crippen molar-refractivity contribution < 1.29 is 8.42 Å². The lowest BCUT2D eigenvalue weighted by Gasteiger charge is -2.12. The first-order valence-electron chi connectivity index (χ1n) is 7.19. The summed E-state index contributed by atoms with van der Waals surface area (Å²) in [6.45, 7) is 3.64. The third-order valence-corrected chi connectivity index (χ3v) is 4.56. The van der Waals surface area contributed by atoms with E-state index >= 15 is 0 Å². The molecule has 0 amide bonds. The molecule has 22 heavy (non-hydrogen) atoms. The number of hydrogen-bond acceptors (Lipinski definition) is 3. The maximum absolute atomic E-state index is 12.1. The highest BCUT2D eigenvalue weighted by Gasteiger charge is 2.13. The fourth-order valence-electron chi connectivity index (χ4n) is 1.69. The zero-order chi connectivity index (χ0) is 16.4. The fourth-order valence-corrected chi connectivity index (χ4v) is 3.02. The lowest BCUT2D eigenvalue weighted by atomic mass is 10.3. The van der Waals surface area contributed by atoms with E-state index in [4.69, 9.17) is 11.6 Å². The first-order valence-corrected chi connectivity index (χ1v) is 9.05. The lowest BCUT2D eigenvalue weighted by Crippen LogP contribution is -2.41. The van der Waals surface area contributed by atoms with E-state index in [2.05, 4.69) is 27.3 Å². The van der Waals surface area contributed by atoms with E-state index in [-0.39, 0.29) is 11.4 Å². The van der Waals surface area contributed by atoms with Crippen LogP contribution in [0.1, 0.15) is 19.8 Å². The van der Waals surface area contributed by atoms with Gasteiger partial charge in [-0.25, -0.2) is 13.1 Å². The number of sulfonamides is 1. The first-order chi connectivity index (χ1) is 10.5. The van der Waals surface area contributed by atoms with Gasteiger partial charge in [0, 0.05) is 31.7 Å². The molecule has 0 aliphatic heterocycles. The molecule has 1 aromatic carbocycles. The topological polar surface area (TPSA) is 82.6 Å². The van der Waals surface area contributed by atoms with Gasteiger partial charge in [0.05, 0.1) is 4.90 Å². The minimum absolute atomic E-state index is 0.158. The molecular weight excluding hydrogens is 324 g/mol. The number of aliphatic imine (C=N–C) groups is 1. The summed E-state index contributed by atoms with van der Waals surface area (Å²) in [5.41, 5.74) is 0. The van der Waals surface area contributed by atoms with E-state index in [1.165, 1.54) is 12.1 Å². The molecule has 1 aromatic rings. The van der Waals surface area contributed by atoms with Crippen molar-refractivity contribution >= 4 is 27.6 Å². The van der Waals surface area contributed by atoms with Crippen molar-refractivity contribution in [3.63, 3.8) is 0 Å². The maximum atomic E-state index is 12.1. The summed E-state index contributed by atoms with van der Waals surface area (Å²) >= 11 is 5.80. The highest BCUT2D eigenvalue weighted by atomic mass is 35.5. The van der Waals surface area contributed by atoms with Crippen molar-refractivity contribution in [3.8, 4) is 0 Å². The number of guanidine groups is 1. The van der Waals surface area contributed by atoms with E-state index < -0.39 is 10.0 Å². The summed E-state index contributed by atoms with van der Waals surface area (Å²) in [6.07, 6.45) is 2.16. The molecule has 0 spiro atoms. The molecule has 8 heteroatoms. The van der Waals surface area contributed by atoms with Crippen molar-refractivity contribution in [2.75, 3.05) is 26.7 Å². The van der Waals surface area contributed by atoms with Gasteiger partial charge in [-0.3, -0.25) is 4.99 Å². The molecule has 0 unspecified atom stereocenters. The van der Waals surface area contributed by atoms with Gasteiger partial charge in [0.15, 0.2) is 5.96 Å². The second-order valence-corrected chi connectivity index (χ2v) is 6.84. The van der Waals surface area contributed by atoms with Gasteiger partial charge in [0.25, 0.3) is 0 Å². The van der Waals surface area contributed by atoms with Crippen LogP contribution in [0.3, 0.4) is 0 Å². The van der Waals surface area contributed by atoms with Gasteiger partial charge in [0.2, 0.25) is 10.0 Å². The largest absolute Gasteiger partial charge is 0.356 e. The van der Waals surface area contributed by atoms with Crippen LogP contribution in [0.5, 0.6) is 0 Å². The molecule has 0 aliphatic rings. The van der Waals surface area contributed by atoms with Crippen LogP contribution < -0.4 is 15.4 Å². The summed E-state index contributed by atoms with van der Waals surface area (Å²) in [5.74, 6) is 0.662. The molecule has 0 saturated carbocycles. The molecule has 6 nitrogen and oxygen atoms in total. The summed E-state index contributed by atoms with van der Waals surface area (Å²) < 4.78 is 26.6. The number of nitrogens with zero attached hydrogens (tertiary/aromatic N) is 1. The van der Waals surface area contributed by atoms with Crippen LogP contribution >= 0.6 is 11.6 Å². The van der Waals surface area contributed by atoms with Gasteiger partial charge >= 0.3 is 0 Å². The van der Waals surface area contributed by atoms with E-state index in [1.54, 1.807) is 19.2 Å². The smallest absolute Gasteiger partial charge is 0.240 e. The molecule has 0 fully saturated rings. The predicted octanol–water partition coefficient (Wildman–Crippen LogP) is 1.58. The highest BCUT2D eigenvalue weighted by Crippen LogP contribution is 2.14. The van der Waals surface area contributed by atoms with Crippen LogP contribution in [-0.4, -0.2) is 41.1 Å². The number of rotatable bonds is 8. The van der Waals surface area contributed by atoms with Crippen molar-refractivity contribution in [1.82, 2.24) is 15.4 Å². The van der Waals surface area contributed by atoms with E-state index in [9.17, 15) is 8.42 Å². The van der Waals surface area contributed by atoms with Gasteiger partial charge in [-0.2, -0.15) is 0 Å². The molecule has 0 radical (unpaired) electrons. The summed E-state index contributed by atoms with van der Waals surface area (Å²) in [7, 11) is -1.87. The Morgan fingerprint density at radius 2 is 1.95 bits per heavy atom. The Hall–Kier alpha value is -1.31. The molecular formula is C14H23ClN4O2S. The van der Waals surface area contributed by atoms with Crippen molar-refractivity contribution in [1.29, 1.82) is 0 Å². The van der Waals surface area contributed by atoms with E-state index in [1.807, 2.05) is 0 Å². The maximum Gasteiger partial charge on any atom is 0.240 e. The lowest BCUT2D eigenvalue weighted by molar-refractivity contribution is 0.580. The quantitative estimate of drug-likeness (QED) is 0.379. The zero-order valence-corrected chi connectivity index (χ0v) is 14.5. The second-order valence-electron chi connectivity index (χ2n) is 4.63. The summed E-state index contributed by atoms with van der Waals surface area (Å²) in [4.78, 5) is 4.22. The van der Waals surface area contributed by atoms with Crippen molar-refractivity contribution in [2.24, 2.45) is 4.99 Å². The Balaban J connectivity index is 2.40. The Morgan fingerprint density at radius 1 is 1.23 bits per heavy atom. The summed E-state index contributed by atoms with van der Waals surface area (Å²) in [6, 6.07) is 6.16. The molecule has 3 N–H and O–H groups in total. The van der Waals surface area contributed by atoms with E-state index in [0.717, 1.165) is 19.4 Å². The number of hydrogen-bond donors (Lipinski definition) is 3. The molecule has 0 bridgehead atoms. The Morgan fingerprint density at radius 3 is 2.59 bits per heavy atom. The normalized spacial score (nSPS) is 12.2. The average Bonchev–Trinajstić information content (AvgIpc) is 2.50. The first kappa shape index (κ1) is 18.7. The minimum Gasteiger partial charge on any atom is -0.356 e. The predicted molar refractivity (Wildman–Crippen MR) is 90.9 cm³/mol. The van der Waals surface area contributed by atoms with Gasteiger partial charge in [0.1, 0.15) is 0 Å². The third kappa shape index (κ3) is 6.64. The Labute approximate surface area is 137 Å². The summed E-state index contributed by atoms with van der Waals surface area (Å²) in [5, 5.41) is 6.59. The van der Waals surface area contributed by atoms with Gasteiger partial charge in [-0.15, -0.1) is 0 Å². The molecule has 0 aliphatic carbocycles. The van der Waals surface area contributed by atoms with E-state index in [0.29, 0.717) is 17.5 Å². The standard InChI is InChI=1S/C14H23ClN4O2S/c1-3-4-8-17-14(16-2)18-9-10-19-22(20,21)13-7-5-6-12(15)11-13/h5-7,11,19H,3-4,8-10H2,1-2H3,(H2,16,17,18).